The zero-order valence-corrected chi connectivity index (χ0v) is 21.1. The number of halogens is 1. The first-order valence-electron chi connectivity index (χ1n) is 11.3. The Balaban J connectivity index is 1.54. The molecule has 0 aliphatic rings. The number of hydrogen-bond donors (Lipinski definition) is 1. The normalized spacial score (nSPS) is 11.5. The number of carboxylic acids is 1. The first kappa shape index (κ1) is 23.3. The number of rotatable bonds is 7. The Morgan fingerprint density at radius 3 is 2.51 bits per heavy atom. The van der Waals surface area contributed by atoms with Gasteiger partial charge in [0.25, 0.3) is 0 Å². The molecule has 0 atom stereocenters. The molecule has 9 nitrogen and oxygen atoms in total. The zero-order valence-electron chi connectivity index (χ0n) is 19.5. The lowest BCUT2D eigenvalue weighted by molar-refractivity contribution is -0.133. The molecule has 6 aromatic rings. The first-order valence-corrected chi connectivity index (χ1v) is 12.7. The minimum absolute atomic E-state index is 0.139. The summed E-state index contributed by atoms with van der Waals surface area (Å²) in [6.45, 7) is 0.321. The minimum atomic E-state index is -0.933. The number of para-hydroxylation sites is 2. The maximum atomic E-state index is 11.3. The number of fused-ring (bicyclic) bond motifs is 4. The lowest BCUT2D eigenvalue weighted by atomic mass is 10.2. The van der Waals surface area contributed by atoms with Crippen LogP contribution in [0.1, 0.15) is 5.82 Å². The molecule has 0 bridgehead atoms. The fraction of sp³-hybridized carbons (Fsp3) is 0.115. The summed E-state index contributed by atoms with van der Waals surface area (Å²) in [6.07, 6.45) is 0. The van der Waals surface area contributed by atoms with Crippen LogP contribution in [-0.2, 0) is 11.3 Å². The lowest BCUT2D eigenvalue weighted by Gasteiger charge is -2.12. The average molecular weight is 531 g/mol. The molecule has 3 aromatic carbocycles. The van der Waals surface area contributed by atoms with Crippen LogP contribution in [0.4, 0.5) is 0 Å². The van der Waals surface area contributed by atoms with Gasteiger partial charge in [0.05, 0.1) is 36.0 Å². The van der Waals surface area contributed by atoms with E-state index in [0.29, 0.717) is 33.9 Å². The molecule has 3 aromatic heterocycles. The topological polar surface area (TPSA) is 108 Å². The predicted octanol–water partition coefficient (Wildman–Crippen LogP) is 5.21. The molecule has 0 spiro atoms. The third-order valence-electron chi connectivity index (χ3n) is 5.97. The monoisotopic (exact) mass is 530 g/mol. The van der Waals surface area contributed by atoms with Crippen molar-refractivity contribution < 1.29 is 14.6 Å². The number of aliphatic carboxylic acids is 1. The largest absolute Gasteiger partial charge is 0.497 e. The molecule has 0 saturated carbocycles. The summed E-state index contributed by atoms with van der Waals surface area (Å²) in [5.41, 5.74) is 4.70. The van der Waals surface area contributed by atoms with E-state index in [1.54, 1.807) is 7.11 Å². The number of hydrogen-bond acceptors (Lipinski definition) is 7. The van der Waals surface area contributed by atoms with Crippen LogP contribution in [0.2, 0.25) is 5.02 Å². The number of thioether (sulfide) groups is 1. The maximum Gasteiger partial charge on any atom is 0.313 e. The highest BCUT2D eigenvalue weighted by atomic mass is 35.5. The van der Waals surface area contributed by atoms with Gasteiger partial charge in [0, 0.05) is 16.1 Å². The molecule has 0 aliphatic carbocycles. The standard InChI is InChI=1S/C26H19ClN6O3S/c1-36-17-9-7-16(8-10-17)33-22(30-31-26(33)37-14-23(34)35)13-32-21-11-6-15(27)12-18(21)24-25(32)29-20-5-3-2-4-19(20)28-24/h2-12H,13-14H2,1H3,(H,34,35). The van der Waals surface area contributed by atoms with Gasteiger partial charge in [-0.3, -0.25) is 9.36 Å². The molecule has 37 heavy (non-hydrogen) atoms. The lowest BCUT2D eigenvalue weighted by Crippen LogP contribution is -2.09. The second kappa shape index (κ2) is 9.38. The molecule has 184 valence electrons. The van der Waals surface area contributed by atoms with Crippen LogP contribution >= 0.6 is 23.4 Å². The van der Waals surface area contributed by atoms with E-state index in [1.807, 2.05) is 75.9 Å². The van der Waals surface area contributed by atoms with Crippen LogP contribution in [0.25, 0.3) is 38.8 Å². The molecule has 3 heterocycles. The van der Waals surface area contributed by atoms with Crippen molar-refractivity contribution in [3.05, 3.63) is 77.6 Å². The second-order valence-corrected chi connectivity index (χ2v) is 9.63. The van der Waals surface area contributed by atoms with E-state index in [9.17, 15) is 9.90 Å². The van der Waals surface area contributed by atoms with Crippen LogP contribution in [0.3, 0.4) is 0 Å². The molecule has 0 saturated heterocycles. The highest BCUT2D eigenvalue weighted by molar-refractivity contribution is 7.99. The van der Waals surface area contributed by atoms with Crippen LogP contribution in [0.15, 0.2) is 71.9 Å². The van der Waals surface area contributed by atoms with Crippen molar-refractivity contribution >= 4 is 62.4 Å². The maximum absolute atomic E-state index is 11.3. The number of carbonyl (C=O) groups is 1. The fourth-order valence-electron chi connectivity index (χ4n) is 4.32. The Morgan fingerprint density at radius 2 is 1.78 bits per heavy atom. The second-order valence-electron chi connectivity index (χ2n) is 8.25. The van der Waals surface area contributed by atoms with E-state index in [-0.39, 0.29) is 5.75 Å². The molecule has 6 rings (SSSR count). The van der Waals surface area contributed by atoms with Gasteiger partial charge in [-0.05, 0) is 54.6 Å². The summed E-state index contributed by atoms with van der Waals surface area (Å²) in [6, 6.07) is 20.8. The van der Waals surface area contributed by atoms with Crippen molar-refractivity contribution in [2.75, 3.05) is 12.9 Å². The van der Waals surface area contributed by atoms with Crippen LogP contribution in [-0.4, -0.2) is 53.2 Å². The molecule has 0 aliphatic heterocycles. The van der Waals surface area contributed by atoms with Crippen molar-refractivity contribution in [3.63, 3.8) is 0 Å². The van der Waals surface area contributed by atoms with Gasteiger partial charge >= 0.3 is 5.97 Å². The summed E-state index contributed by atoms with van der Waals surface area (Å²) in [5, 5.41) is 20.0. The highest BCUT2D eigenvalue weighted by Gasteiger charge is 2.20. The van der Waals surface area contributed by atoms with Gasteiger partial charge in [0.1, 0.15) is 11.3 Å². The van der Waals surface area contributed by atoms with Crippen molar-refractivity contribution in [1.29, 1.82) is 0 Å². The van der Waals surface area contributed by atoms with E-state index < -0.39 is 5.97 Å². The third kappa shape index (κ3) is 4.24. The Labute approximate surface area is 219 Å². The Morgan fingerprint density at radius 1 is 1.03 bits per heavy atom. The van der Waals surface area contributed by atoms with E-state index in [2.05, 4.69) is 10.2 Å². The van der Waals surface area contributed by atoms with E-state index in [1.165, 1.54) is 0 Å². The molecule has 0 unspecified atom stereocenters. The summed E-state index contributed by atoms with van der Waals surface area (Å²) in [7, 11) is 1.60. The quantitative estimate of drug-likeness (QED) is 0.280. The smallest absolute Gasteiger partial charge is 0.313 e. The van der Waals surface area contributed by atoms with Gasteiger partial charge in [-0.25, -0.2) is 9.97 Å². The first-order chi connectivity index (χ1) is 18.0. The number of carboxylic acid groups (broad SMARTS) is 1. The molecular weight excluding hydrogens is 512 g/mol. The Kier molecular flexibility index (Phi) is 5.90. The van der Waals surface area contributed by atoms with Gasteiger partial charge in [0.2, 0.25) is 0 Å². The summed E-state index contributed by atoms with van der Waals surface area (Å²) in [5.74, 6) is 0.248. The van der Waals surface area contributed by atoms with Gasteiger partial charge in [-0.2, -0.15) is 0 Å². The molecule has 0 radical (unpaired) electrons. The average Bonchev–Trinajstić information content (AvgIpc) is 3.44. The van der Waals surface area contributed by atoms with Crippen molar-refractivity contribution in [3.8, 4) is 11.4 Å². The summed E-state index contributed by atoms with van der Waals surface area (Å²) in [4.78, 5) is 21.1. The molecule has 1 N–H and O–H groups in total. The van der Waals surface area contributed by atoms with E-state index in [4.69, 9.17) is 26.3 Å². The molecule has 0 amide bonds. The van der Waals surface area contributed by atoms with Crippen molar-refractivity contribution in [2.45, 2.75) is 11.7 Å². The van der Waals surface area contributed by atoms with Crippen LogP contribution in [0.5, 0.6) is 5.75 Å². The molecular formula is C26H19ClN6O3S. The Hall–Kier alpha value is -4.15. The van der Waals surface area contributed by atoms with Crippen LogP contribution < -0.4 is 4.74 Å². The summed E-state index contributed by atoms with van der Waals surface area (Å²) >= 11 is 7.46. The van der Waals surface area contributed by atoms with Crippen LogP contribution in [0, 0.1) is 0 Å². The SMILES string of the molecule is COc1ccc(-n2c(Cn3c4ccc(Cl)cc4c4nc5ccccc5nc43)nnc2SCC(=O)O)cc1. The number of methoxy groups -OCH3 is 1. The molecule has 11 heteroatoms. The van der Waals surface area contributed by atoms with Gasteiger partial charge in [0.15, 0.2) is 16.6 Å². The Bertz CT molecular complexity index is 1800. The molecule has 0 fully saturated rings. The fourth-order valence-corrected chi connectivity index (χ4v) is 5.18. The van der Waals surface area contributed by atoms with E-state index >= 15 is 0 Å². The van der Waals surface area contributed by atoms with Gasteiger partial charge in [-0.1, -0.05) is 35.5 Å². The number of aromatic nitrogens is 6. The number of benzene rings is 3. The van der Waals surface area contributed by atoms with E-state index in [0.717, 1.165) is 44.9 Å². The third-order valence-corrected chi connectivity index (χ3v) is 7.12. The van der Waals surface area contributed by atoms with Gasteiger partial charge < -0.3 is 14.4 Å². The zero-order chi connectivity index (χ0) is 25.5. The van der Waals surface area contributed by atoms with Gasteiger partial charge in [-0.15, -0.1) is 10.2 Å². The predicted molar refractivity (Wildman–Crippen MR) is 143 cm³/mol. The number of ether oxygens (including phenoxy) is 1. The number of nitrogens with zero attached hydrogens (tertiary/aromatic N) is 6. The highest BCUT2D eigenvalue weighted by Crippen LogP contribution is 2.32. The van der Waals surface area contributed by atoms with Crippen molar-refractivity contribution in [2.24, 2.45) is 0 Å². The minimum Gasteiger partial charge on any atom is -0.497 e. The van der Waals surface area contributed by atoms with Crippen molar-refractivity contribution in [1.82, 2.24) is 29.3 Å². The summed E-state index contributed by atoms with van der Waals surface area (Å²) < 4.78 is 9.19.